The van der Waals surface area contributed by atoms with Gasteiger partial charge in [0.25, 0.3) is 0 Å². The smallest absolute Gasteiger partial charge is 0.336 e. The van der Waals surface area contributed by atoms with Gasteiger partial charge in [0.1, 0.15) is 0 Å². The second-order valence-electron chi connectivity index (χ2n) is 6.67. The first kappa shape index (κ1) is 23.2. The van der Waals surface area contributed by atoms with Crippen LogP contribution in [0.4, 0.5) is 5.69 Å². The van der Waals surface area contributed by atoms with E-state index in [4.69, 9.17) is 14.2 Å². The van der Waals surface area contributed by atoms with E-state index in [2.05, 4.69) is 0 Å². The molecule has 1 heterocycles. The molecular formula is C23H29NO6. The third-order valence-electron chi connectivity index (χ3n) is 4.83. The third kappa shape index (κ3) is 4.90. The van der Waals surface area contributed by atoms with Crippen LogP contribution >= 0.6 is 0 Å². The van der Waals surface area contributed by atoms with Crippen LogP contribution in [0.15, 0.2) is 52.9 Å². The van der Waals surface area contributed by atoms with Gasteiger partial charge in [-0.15, -0.1) is 0 Å². The molecule has 2 rings (SSSR count). The van der Waals surface area contributed by atoms with E-state index in [0.717, 1.165) is 5.69 Å². The Bertz CT molecular complexity index is 814. The number of esters is 3. The Kier molecular flexibility index (Phi) is 8.21. The number of hydrogen-bond donors (Lipinski definition) is 0. The molecule has 1 aromatic rings. The normalized spacial score (nSPS) is 14.6. The molecule has 162 valence electrons. The highest BCUT2D eigenvalue weighted by Crippen LogP contribution is 2.41. The van der Waals surface area contributed by atoms with Crippen molar-refractivity contribution in [3.05, 3.63) is 52.9 Å². The van der Waals surface area contributed by atoms with Crippen LogP contribution in [-0.4, -0.2) is 37.7 Å². The predicted molar refractivity (Wildman–Crippen MR) is 112 cm³/mol. The number of para-hydroxylation sites is 1. The monoisotopic (exact) mass is 415 g/mol. The van der Waals surface area contributed by atoms with Gasteiger partial charge < -0.3 is 19.1 Å². The summed E-state index contributed by atoms with van der Waals surface area (Å²) >= 11 is 0. The Labute approximate surface area is 177 Å². The van der Waals surface area contributed by atoms with Gasteiger partial charge in [0.2, 0.25) is 0 Å². The summed E-state index contributed by atoms with van der Waals surface area (Å²) in [6.45, 7) is 9.23. The van der Waals surface area contributed by atoms with Crippen molar-refractivity contribution in [2.24, 2.45) is 5.92 Å². The van der Waals surface area contributed by atoms with Crippen molar-refractivity contribution < 1.29 is 28.6 Å². The highest BCUT2D eigenvalue weighted by molar-refractivity contribution is 6.00. The van der Waals surface area contributed by atoms with Crippen LogP contribution in [0.5, 0.6) is 0 Å². The molecule has 0 spiro atoms. The van der Waals surface area contributed by atoms with E-state index in [0.29, 0.717) is 11.4 Å². The number of anilines is 1. The van der Waals surface area contributed by atoms with Crippen LogP contribution in [0.1, 0.15) is 41.0 Å². The first-order chi connectivity index (χ1) is 14.4. The zero-order valence-corrected chi connectivity index (χ0v) is 18.2. The van der Waals surface area contributed by atoms with Crippen molar-refractivity contribution in [2.75, 3.05) is 24.7 Å². The highest BCUT2D eigenvalue weighted by Gasteiger charge is 2.41. The molecule has 7 heteroatoms. The Morgan fingerprint density at radius 2 is 1.27 bits per heavy atom. The fraction of sp³-hybridized carbons (Fsp3) is 0.435. The van der Waals surface area contributed by atoms with Gasteiger partial charge in [0.15, 0.2) is 0 Å². The highest BCUT2D eigenvalue weighted by atomic mass is 16.5. The summed E-state index contributed by atoms with van der Waals surface area (Å²) in [5, 5.41) is 0. The largest absolute Gasteiger partial charge is 0.466 e. The lowest BCUT2D eigenvalue weighted by molar-refractivity contribution is -0.144. The molecule has 0 bridgehead atoms. The first-order valence-electron chi connectivity index (χ1n) is 10.1. The van der Waals surface area contributed by atoms with Gasteiger partial charge in [0, 0.05) is 23.0 Å². The molecule has 30 heavy (non-hydrogen) atoms. The minimum atomic E-state index is -0.817. The molecule has 1 aliphatic rings. The van der Waals surface area contributed by atoms with E-state index in [9.17, 15) is 14.4 Å². The number of hydrogen-bond acceptors (Lipinski definition) is 7. The number of carbonyl (C=O) groups excluding carboxylic acids is 3. The number of carbonyl (C=O) groups is 3. The number of rotatable bonds is 8. The van der Waals surface area contributed by atoms with Gasteiger partial charge in [-0.2, -0.15) is 0 Å². The minimum absolute atomic E-state index is 0.159. The number of ether oxygens (including phenoxy) is 3. The van der Waals surface area contributed by atoms with Crippen molar-refractivity contribution in [1.29, 1.82) is 0 Å². The van der Waals surface area contributed by atoms with Gasteiger partial charge >= 0.3 is 17.9 Å². The minimum Gasteiger partial charge on any atom is -0.466 e. The molecule has 0 saturated carbocycles. The first-order valence-corrected chi connectivity index (χ1v) is 10.1. The van der Waals surface area contributed by atoms with Crippen LogP contribution in [0.2, 0.25) is 0 Å². The zero-order chi connectivity index (χ0) is 22.3. The fourth-order valence-electron chi connectivity index (χ4n) is 3.69. The molecule has 0 aromatic heterocycles. The number of nitrogens with zero attached hydrogens (tertiary/aromatic N) is 1. The van der Waals surface area contributed by atoms with Crippen LogP contribution in [0, 0.1) is 5.92 Å². The molecule has 0 unspecified atom stereocenters. The van der Waals surface area contributed by atoms with E-state index in [1.807, 2.05) is 35.2 Å². The lowest BCUT2D eigenvalue weighted by atomic mass is 9.82. The summed E-state index contributed by atoms with van der Waals surface area (Å²) in [6, 6.07) is 9.38. The zero-order valence-electron chi connectivity index (χ0n) is 18.2. The lowest BCUT2D eigenvalue weighted by Crippen LogP contribution is -2.37. The Balaban J connectivity index is 2.70. The maximum absolute atomic E-state index is 12.9. The molecule has 0 fully saturated rings. The predicted octanol–water partition coefficient (Wildman–Crippen LogP) is 3.75. The summed E-state index contributed by atoms with van der Waals surface area (Å²) in [6.07, 6.45) is -0.159. The average molecular weight is 415 g/mol. The molecule has 0 amide bonds. The maximum Gasteiger partial charge on any atom is 0.336 e. The van der Waals surface area contributed by atoms with Gasteiger partial charge in [-0.1, -0.05) is 18.2 Å². The molecule has 0 N–H and O–H groups in total. The second-order valence-corrected chi connectivity index (χ2v) is 6.67. The Morgan fingerprint density at radius 3 is 1.70 bits per heavy atom. The van der Waals surface area contributed by atoms with Gasteiger partial charge in [-0.05, 0) is 46.8 Å². The topological polar surface area (TPSA) is 82.1 Å². The third-order valence-corrected chi connectivity index (χ3v) is 4.83. The molecule has 0 saturated heterocycles. The molecule has 1 aliphatic heterocycles. The lowest BCUT2D eigenvalue weighted by Gasteiger charge is -2.37. The van der Waals surface area contributed by atoms with Crippen molar-refractivity contribution in [1.82, 2.24) is 0 Å². The SMILES string of the molecule is CCOC(=O)CC1C(C(=O)OCC)=C(C)N(c2ccccc2)C(C)=C1C(=O)OCC. The van der Waals surface area contributed by atoms with Crippen LogP contribution in [0.3, 0.4) is 0 Å². The van der Waals surface area contributed by atoms with Crippen LogP contribution in [0.25, 0.3) is 0 Å². The standard InChI is InChI=1S/C23H29NO6/c1-6-28-19(25)14-18-20(22(26)29-7-2)15(4)24(17-12-10-9-11-13-17)16(5)21(18)23(27)30-8-3/h9-13,18H,6-8,14H2,1-5H3. The van der Waals surface area contributed by atoms with E-state index < -0.39 is 23.8 Å². The molecule has 0 radical (unpaired) electrons. The summed E-state index contributed by atoms with van der Waals surface area (Å²) in [7, 11) is 0. The summed E-state index contributed by atoms with van der Waals surface area (Å²) in [5.74, 6) is -2.46. The van der Waals surface area contributed by atoms with E-state index in [-0.39, 0.29) is 37.4 Å². The molecule has 0 aliphatic carbocycles. The number of allylic oxidation sites excluding steroid dienone is 2. The van der Waals surface area contributed by atoms with Crippen molar-refractivity contribution in [3.8, 4) is 0 Å². The Morgan fingerprint density at radius 1 is 0.800 bits per heavy atom. The van der Waals surface area contributed by atoms with Crippen molar-refractivity contribution in [3.63, 3.8) is 0 Å². The summed E-state index contributed by atoms with van der Waals surface area (Å²) in [5.41, 5.74) is 2.48. The molecule has 0 atom stereocenters. The summed E-state index contributed by atoms with van der Waals surface area (Å²) < 4.78 is 15.7. The molecule has 1 aromatic carbocycles. The van der Waals surface area contributed by atoms with Gasteiger partial charge in [-0.25, -0.2) is 9.59 Å². The van der Waals surface area contributed by atoms with Gasteiger partial charge in [0.05, 0.1) is 37.4 Å². The summed E-state index contributed by atoms with van der Waals surface area (Å²) in [4.78, 5) is 40.0. The van der Waals surface area contributed by atoms with Crippen LogP contribution in [-0.2, 0) is 28.6 Å². The maximum atomic E-state index is 12.9. The van der Waals surface area contributed by atoms with Crippen molar-refractivity contribution in [2.45, 2.75) is 41.0 Å². The molecule has 7 nitrogen and oxygen atoms in total. The van der Waals surface area contributed by atoms with E-state index in [1.165, 1.54) is 0 Å². The van der Waals surface area contributed by atoms with E-state index in [1.54, 1.807) is 34.6 Å². The quantitative estimate of drug-likeness (QED) is 0.472. The molecular weight excluding hydrogens is 386 g/mol. The average Bonchev–Trinajstić information content (AvgIpc) is 2.69. The number of benzene rings is 1. The van der Waals surface area contributed by atoms with E-state index >= 15 is 0 Å². The Hall–Kier alpha value is -3.09. The van der Waals surface area contributed by atoms with Gasteiger partial charge in [-0.3, -0.25) is 4.79 Å². The fourth-order valence-corrected chi connectivity index (χ4v) is 3.69. The van der Waals surface area contributed by atoms with Crippen molar-refractivity contribution >= 4 is 23.6 Å². The van der Waals surface area contributed by atoms with Crippen LogP contribution < -0.4 is 4.90 Å². The second kappa shape index (κ2) is 10.6.